The van der Waals surface area contributed by atoms with E-state index in [2.05, 4.69) is 68.4 Å². The number of halogens is 2. The average molecular weight is 397 g/mol. The Hall–Kier alpha value is -1.000. The molecule has 0 spiro atoms. The van der Waals surface area contributed by atoms with Crippen molar-refractivity contribution in [2.45, 2.75) is 19.4 Å². The molecule has 1 atom stereocenters. The van der Waals surface area contributed by atoms with Crippen LogP contribution in [0.3, 0.4) is 0 Å². The van der Waals surface area contributed by atoms with Crippen molar-refractivity contribution in [2.75, 3.05) is 11.9 Å². The van der Waals surface area contributed by atoms with E-state index in [0.717, 1.165) is 33.4 Å². The minimum absolute atomic E-state index is 0.282. The summed E-state index contributed by atoms with van der Waals surface area (Å²) in [7, 11) is 0. The quantitative estimate of drug-likeness (QED) is 0.727. The number of hydrogen-bond acceptors (Lipinski definition) is 2. The molecule has 0 amide bonds. The van der Waals surface area contributed by atoms with Gasteiger partial charge in [-0.3, -0.25) is 0 Å². The standard InChI is InChI=1S/C16H15Br2NO/c1-10-2-3-12(18)9-15(10)19-14-6-7-20-16-5-4-11(17)8-13(14)16/h2-5,8-9,14,19H,6-7H2,1H3. The molecule has 1 aliphatic heterocycles. The molecule has 20 heavy (non-hydrogen) atoms. The zero-order valence-corrected chi connectivity index (χ0v) is 14.3. The van der Waals surface area contributed by atoms with Gasteiger partial charge in [0.1, 0.15) is 5.75 Å². The third kappa shape index (κ3) is 2.86. The van der Waals surface area contributed by atoms with Crippen molar-refractivity contribution in [2.24, 2.45) is 0 Å². The molecule has 2 aromatic rings. The summed E-state index contributed by atoms with van der Waals surface area (Å²) >= 11 is 7.07. The number of anilines is 1. The van der Waals surface area contributed by atoms with Gasteiger partial charge in [0.15, 0.2) is 0 Å². The number of fused-ring (bicyclic) bond motifs is 1. The second-order valence-electron chi connectivity index (χ2n) is 4.98. The van der Waals surface area contributed by atoms with Crippen LogP contribution in [0.4, 0.5) is 5.69 Å². The van der Waals surface area contributed by atoms with Crippen LogP contribution in [0.25, 0.3) is 0 Å². The van der Waals surface area contributed by atoms with E-state index in [1.165, 1.54) is 11.1 Å². The zero-order chi connectivity index (χ0) is 14.1. The summed E-state index contributed by atoms with van der Waals surface area (Å²) in [5, 5.41) is 3.64. The first-order chi connectivity index (χ1) is 9.63. The van der Waals surface area contributed by atoms with Crippen LogP contribution in [0.1, 0.15) is 23.6 Å². The van der Waals surface area contributed by atoms with Gasteiger partial charge in [-0.1, -0.05) is 37.9 Å². The van der Waals surface area contributed by atoms with E-state index in [0.29, 0.717) is 0 Å². The maximum absolute atomic E-state index is 5.73. The van der Waals surface area contributed by atoms with Gasteiger partial charge in [0.25, 0.3) is 0 Å². The number of ether oxygens (including phenoxy) is 1. The summed E-state index contributed by atoms with van der Waals surface area (Å²) in [6, 6.07) is 12.8. The van der Waals surface area contributed by atoms with E-state index in [9.17, 15) is 0 Å². The molecule has 0 saturated carbocycles. The van der Waals surface area contributed by atoms with Crippen LogP contribution in [0, 0.1) is 6.92 Å². The van der Waals surface area contributed by atoms with Crippen LogP contribution in [0.5, 0.6) is 5.75 Å². The van der Waals surface area contributed by atoms with E-state index < -0.39 is 0 Å². The topological polar surface area (TPSA) is 21.3 Å². The number of hydrogen-bond donors (Lipinski definition) is 1. The van der Waals surface area contributed by atoms with Gasteiger partial charge in [0, 0.05) is 26.6 Å². The average Bonchev–Trinajstić information content (AvgIpc) is 2.43. The van der Waals surface area contributed by atoms with Gasteiger partial charge in [0.05, 0.1) is 12.6 Å². The smallest absolute Gasteiger partial charge is 0.124 e. The van der Waals surface area contributed by atoms with Crippen molar-refractivity contribution >= 4 is 37.5 Å². The molecule has 3 rings (SSSR count). The Morgan fingerprint density at radius 2 is 1.85 bits per heavy atom. The van der Waals surface area contributed by atoms with Crippen LogP contribution in [-0.4, -0.2) is 6.61 Å². The lowest BCUT2D eigenvalue weighted by Gasteiger charge is -2.28. The van der Waals surface area contributed by atoms with Crippen molar-refractivity contribution in [1.29, 1.82) is 0 Å². The Kier molecular flexibility index (Phi) is 4.03. The van der Waals surface area contributed by atoms with Crippen LogP contribution >= 0.6 is 31.9 Å². The van der Waals surface area contributed by atoms with E-state index in [1.807, 2.05) is 12.1 Å². The Morgan fingerprint density at radius 1 is 1.10 bits per heavy atom. The SMILES string of the molecule is Cc1ccc(Br)cc1NC1CCOc2ccc(Br)cc21. The van der Waals surface area contributed by atoms with Crippen LogP contribution in [0.15, 0.2) is 45.3 Å². The molecule has 0 fully saturated rings. The maximum atomic E-state index is 5.73. The van der Waals surface area contributed by atoms with E-state index in [1.54, 1.807) is 0 Å². The highest BCUT2D eigenvalue weighted by Gasteiger charge is 2.22. The lowest BCUT2D eigenvalue weighted by atomic mass is 10.00. The minimum Gasteiger partial charge on any atom is -0.493 e. The lowest BCUT2D eigenvalue weighted by molar-refractivity contribution is 0.274. The molecule has 2 aromatic carbocycles. The summed E-state index contributed by atoms with van der Waals surface area (Å²) in [5.41, 5.74) is 3.62. The third-order valence-electron chi connectivity index (χ3n) is 3.54. The number of aryl methyl sites for hydroxylation is 1. The van der Waals surface area contributed by atoms with Gasteiger partial charge in [-0.25, -0.2) is 0 Å². The largest absolute Gasteiger partial charge is 0.493 e. The predicted octanol–water partition coefficient (Wildman–Crippen LogP) is 5.46. The molecule has 1 unspecified atom stereocenters. The van der Waals surface area contributed by atoms with Crippen LogP contribution < -0.4 is 10.1 Å². The highest BCUT2D eigenvalue weighted by Crippen LogP contribution is 2.37. The van der Waals surface area contributed by atoms with Crippen molar-refractivity contribution in [3.8, 4) is 5.75 Å². The Balaban J connectivity index is 1.93. The normalized spacial score (nSPS) is 17.2. The highest BCUT2D eigenvalue weighted by molar-refractivity contribution is 9.10. The fourth-order valence-corrected chi connectivity index (χ4v) is 3.19. The number of nitrogens with one attached hydrogen (secondary N) is 1. The molecule has 4 heteroatoms. The van der Waals surface area contributed by atoms with Gasteiger partial charge < -0.3 is 10.1 Å². The Labute approximate surface area is 135 Å². The Morgan fingerprint density at radius 3 is 2.70 bits per heavy atom. The van der Waals surface area contributed by atoms with Gasteiger partial charge in [-0.05, 0) is 42.8 Å². The Bertz CT molecular complexity index is 642. The molecule has 0 aliphatic carbocycles. The first-order valence-electron chi connectivity index (χ1n) is 6.58. The van der Waals surface area contributed by atoms with Crippen molar-refractivity contribution in [3.05, 3.63) is 56.5 Å². The summed E-state index contributed by atoms with van der Waals surface area (Å²) in [5.74, 6) is 0.976. The summed E-state index contributed by atoms with van der Waals surface area (Å²) in [6.07, 6.45) is 0.968. The van der Waals surface area contributed by atoms with Gasteiger partial charge in [0.2, 0.25) is 0 Å². The molecule has 0 saturated heterocycles. The van der Waals surface area contributed by atoms with Crippen molar-refractivity contribution in [1.82, 2.24) is 0 Å². The summed E-state index contributed by atoms with van der Waals surface area (Å²) < 4.78 is 7.90. The minimum atomic E-state index is 0.282. The second kappa shape index (κ2) is 5.78. The zero-order valence-electron chi connectivity index (χ0n) is 11.1. The second-order valence-corrected chi connectivity index (χ2v) is 6.81. The van der Waals surface area contributed by atoms with E-state index >= 15 is 0 Å². The third-order valence-corrected chi connectivity index (χ3v) is 4.53. The van der Waals surface area contributed by atoms with Gasteiger partial charge in [-0.2, -0.15) is 0 Å². The summed E-state index contributed by atoms with van der Waals surface area (Å²) in [6.45, 7) is 2.87. The molecule has 1 heterocycles. The highest BCUT2D eigenvalue weighted by atomic mass is 79.9. The van der Waals surface area contributed by atoms with E-state index in [4.69, 9.17) is 4.74 Å². The van der Waals surface area contributed by atoms with Crippen LogP contribution in [0.2, 0.25) is 0 Å². The van der Waals surface area contributed by atoms with E-state index in [-0.39, 0.29) is 6.04 Å². The molecule has 1 aliphatic rings. The van der Waals surface area contributed by atoms with Crippen molar-refractivity contribution < 1.29 is 4.74 Å². The predicted molar refractivity (Wildman–Crippen MR) is 89.5 cm³/mol. The number of benzene rings is 2. The monoisotopic (exact) mass is 395 g/mol. The first kappa shape index (κ1) is 14.0. The van der Waals surface area contributed by atoms with Gasteiger partial charge in [-0.15, -0.1) is 0 Å². The van der Waals surface area contributed by atoms with Crippen LogP contribution in [-0.2, 0) is 0 Å². The molecule has 0 radical (unpaired) electrons. The molecule has 0 aromatic heterocycles. The summed E-state index contributed by atoms with van der Waals surface area (Å²) in [4.78, 5) is 0. The van der Waals surface area contributed by atoms with Gasteiger partial charge >= 0.3 is 0 Å². The molecule has 2 nitrogen and oxygen atoms in total. The molecule has 104 valence electrons. The number of rotatable bonds is 2. The molecule has 0 bridgehead atoms. The first-order valence-corrected chi connectivity index (χ1v) is 8.17. The lowest BCUT2D eigenvalue weighted by Crippen LogP contribution is -2.20. The molecular formula is C16H15Br2NO. The fraction of sp³-hybridized carbons (Fsp3) is 0.250. The fourth-order valence-electron chi connectivity index (χ4n) is 2.45. The molecule has 1 N–H and O–H groups in total. The van der Waals surface area contributed by atoms with Crippen molar-refractivity contribution in [3.63, 3.8) is 0 Å². The maximum Gasteiger partial charge on any atom is 0.124 e. The molecular weight excluding hydrogens is 382 g/mol.